The molecule has 0 aliphatic heterocycles. The van der Waals surface area contributed by atoms with E-state index < -0.39 is 0 Å². The van der Waals surface area contributed by atoms with Crippen molar-refractivity contribution in [2.24, 2.45) is 0 Å². The summed E-state index contributed by atoms with van der Waals surface area (Å²) in [5, 5.41) is 8.42. The zero-order valence-electron chi connectivity index (χ0n) is 11.3. The van der Waals surface area contributed by atoms with Crippen LogP contribution in [0.4, 0.5) is 0 Å². The number of aromatic nitrogens is 3. The molecule has 0 radical (unpaired) electrons. The maximum Gasteiger partial charge on any atom is 0.120 e. The van der Waals surface area contributed by atoms with Crippen LogP contribution in [-0.4, -0.2) is 14.8 Å². The summed E-state index contributed by atoms with van der Waals surface area (Å²) in [5.74, 6) is 0. The number of rotatable bonds is 2. The van der Waals surface area contributed by atoms with E-state index >= 15 is 0 Å². The number of benzene rings is 2. The van der Waals surface area contributed by atoms with Gasteiger partial charge in [-0.25, -0.2) is 4.52 Å². The molecule has 21 heavy (non-hydrogen) atoms. The van der Waals surface area contributed by atoms with Crippen LogP contribution in [0.3, 0.4) is 0 Å². The molecule has 4 rings (SSSR count). The number of fused-ring (bicyclic) bond motifs is 1. The Kier molecular flexibility index (Phi) is 2.75. The zero-order chi connectivity index (χ0) is 14.1. The zero-order valence-corrected chi connectivity index (χ0v) is 11.3. The number of hydrogen-bond donors (Lipinski definition) is 0. The van der Waals surface area contributed by atoms with Gasteiger partial charge in [0.25, 0.3) is 0 Å². The highest BCUT2D eigenvalue weighted by Gasteiger charge is 2.08. The highest BCUT2D eigenvalue weighted by molar-refractivity contribution is 5.78. The molecule has 0 saturated carbocycles. The largest absolute Gasteiger partial charge is 0.220 e. The normalized spacial score (nSPS) is 10.9. The van der Waals surface area contributed by atoms with Gasteiger partial charge in [-0.1, -0.05) is 65.9 Å². The molecule has 0 fully saturated rings. The molecule has 0 aliphatic carbocycles. The molecular formula is C18H13N3. The molecule has 4 aromatic rings. The fourth-order valence-corrected chi connectivity index (χ4v) is 2.50. The van der Waals surface area contributed by atoms with E-state index in [0.29, 0.717) is 0 Å². The topological polar surface area (TPSA) is 30.2 Å². The van der Waals surface area contributed by atoms with Gasteiger partial charge < -0.3 is 0 Å². The highest BCUT2D eigenvalue weighted by Crippen LogP contribution is 2.25. The summed E-state index contributed by atoms with van der Waals surface area (Å²) in [6.45, 7) is 0. The summed E-state index contributed by atoms with van der Waals surface area (Å²) in [7, 11) is 0. The summed E-state index contributed by atoms with van der Waals surface area (Å²) in [6, 6.07) is 24.8. The van der Waals surface area contributed by atoms with E-state index in [9.17, 15) is 0 Å². The van der Waals surface area contributed by atoms with Crippen LogP contribution in [0.15, 0.2) is 79.0 Å². The van der Waals surface area contributed by atoms with Crippen molar-refractivity contribution in [1.82, 2.24) is 14.8 Å². The summed E-state index contributed by atoms with van der Waals surface area (Å²) >= 11 is 0. The molecule has 0 unspecified atom stereocenters. The summed E-state index contributed by atoms with van der Waals surface area (Å²) in [4.78, 5) is 0. The van der Waals surface area contributed by atoms with Gasteiger partial charge in [-0.15, -0.1) is 5.10 Å². The monoisotopic (exact) mass is 271 g/mol. The van der Waals surface area contributed by atoms with E-state index in [-0.39, 0.29) is 0 Å². The molecule has 0 saturated heterocycles. The lowest BCUT2D eigenvalue weighted by Crippen LogP contribution is -1.83. The summed E-state index contributed by atoms with van der Waals surface area (Å²) in [6.07, 6.45) is 1.91. The fourth-order valence-electron chi connectivity index (χ4n) is 2.50. The molecule has 2 aromatic carbocycles. The SMILES string of the molecule is c1ccc(-c2ccc(-c3nnn4ccccc34)cc2)cc1. The highest BCUT2D eigenvalue weighted by atomic mass is 15.4. The van der Waals surface area contributed by atoms with E-state index in [1.807, 2.05) is 30.5 Å². The molecule has 3 heteroatoms. The van der Waals surface area contributed by atoms with Gasteiger partial charge in [0.05, 0.1) is 5.52 Å². The van der Waals surface area contributed by atoms with Gasteiger partial charge in [0.15, 0.2) is 0 Å². The Bertz CT molecular complexity index is 877. The Morgan fingerprint density at radius 1 is 0.619 bits per heavy atom. The van der Waals surface area contributed by atoms with Gasteiger partial charge in [0.2, 0.25) is 0 Å². The number of hydrogen-bond acceptors (Lipinski definition) is 2. The van der Waals surface area contributed by atoms with E-state index in [2.05, 4.69) is 58.8 Å². The Morgan fingerprint density at radius 3 is 2.10 bits per heavy atom. The average molecular weight is 271 g/mol. The third-order valence-corrected chi connectivity index (χ3v) is 3.59. The van der Waals surface area contributed by atoms with Crippen molar-refractivity contribution in [1.29, 1.82) is 0 Å². The Morgan fingerprint density at radius 2 is 1.29 bits per heavy atom. The van der Waals surface area contributed by atoms with Crippen molar-refractivity contribution in [3.8, 4) is 22.4 Å². The Balaban J connectivity index is 1.77. The molecule has 3 nitrogen and oxygen atoms in total. The lowest BCUT2D eigenvalue weighted by atomic mass is 10.0. The number of pyridine rings is 1. The lowest BCUT2D eigenvalue weighted by Gasteiger charge is -2.03. The molecule has 2 aromatic heterocycles. The predicted molar refractivity (Wildman–Crippen MR) is 83.9 cm³/mol. The van der Waals surface area contributed by atoms with Crippen LogP contribution >= 0.6 is 0 Å². The van der Waals surface area contributed by atoms with Crippen molar-refractivity contribution in [2.45, 2.75) is 0 Å². The van der Waals surface area contributed by atoms with Gasteiger partial charge in [0.1, 0.15) is 5.69 Å². The van der Waals surface area contributed by atoms with Crippen LogP contribution < -0.4 is 0 Å². The molecule has 100 valence electrons. The van der Waals surface area contributed by atoms with Gasteiger partial charge in [0, 0.05) is 11.8 Å². The first-order valence-electron chi connectivity index (χ1n) is 6.88. The standard InChI is InChI=1S/C18H13N3/c1-2-6-14(7-3-1)15-9-11-16(12-10-15)18-17-8-4-5-13-21(17)20-19-18/h1-13H. The predicted octanol–water partition coefficient (Wildman–Crippen LogP) is 4.06. The van der Waals surface area contributed by atoms with Crippen LogP contribution in [0.1, 0.15) is 0 Å². The molecule has 0 N–H and O–H groups in total. The average Bonchev–Trinajstić information content (AvgIpc) is 3.00. The van der Waals surface area contributed by atoms with Gasteiger partial charge in [-0.3, -0.25) is 0 Å². The molecule has 0 atom stereocenters. The molecular weight excluding hydrogens is 258 g/mol. The van der Waals surface area contributed by atoms with Crippen LogP contribution in [0.5, 0.6) is 0 Å². The third kappa shape index (κ3) is 2.09. The molecule has 2 heterocycles. The lowest BCUT2D eigenvalue weighted by molar-refractivity contribution is 0.857. The summed E-state index contributed by atoms with van der Waals surface area (Å²) < 4.78 is 1.79. The summed E-state index contributed by atoms with van der Waals surface area (Å²) in [5.41, 5.74) is 5.43. The van der Waals surface area contributed by atoms with Crippen molar-refractivity contribution in [3.05, 3.63) is 79.0 Å². The first-order chi connectivity index (χ1) is 10.4. The second-order valence-corrected chi connectivity index (χ2v) is 4.91. The minimum atomic E-state index is 0.912. The maximum absolute atomic E-state index is 4.28. The molecule has 0 amide bonds. The van der Waals surface area contributed by atoms with Crippen molar-refractivity contribution >= 4 is 5.52 Å². The van der Waals surface area contributed by atoms with Crippen molar-refractivity contribution < 1.29 is 0 Å². The van der Waals surface area contributed by atoms with Crippen LogP contribution in [0.2, 0.25) is 0 Å². The van der Waals surface area contributed by atoms with E-state index in [1.54, 1.807) is 4.52 Å². The molecule has 0 spiro atoms. The maximum atomic E-state index is 4.28. The van der Waals surface area contributed by atoms with Crippen LogP contribution in [0, 0.1) is 0 Å². The second-order valence-electron chi connectivity index (χ2n) is 4.91. The van der Waals surface area contributed by atoms with Crippen LogP contribution in [-0.2, 0) is 0 Å². The third-order valence-electron chi connectivity index (χ3n) is 3.59. The Labute approximate surface area is 122 Å². The molecule has 0 bridgehead atoms. The van der Waals surface area contributed by atoms with Crippen molar-refractivity contribution in [2.75, 3.05) is 0 Å². The first kappa shape index (κ1) is 11.9. The van der Waals surface area contributed by atoms with Gasteiger partial charge >= 0.3 is 0 Å². The van der Waals surface area contributed by atoms with Gasteiger partial charge in [-0.2, -0.15) is 0 Å². The first-order valence-corrected chi connectivity index (χ1v) is 6.88. The van der Waals surface area contributed by atoms with Gasteiger partial charge in [-0.05, 0) is 23.3 Å². The van der Waals surface area contributed by atoms with E-state index in [0.717, 1.165) is 16.8 Å². The smallest absolute Gasteiger partial charge is 0.120 e. The molecule has 0 aliphatic rings. The quantitative estimate of drug-likeness (QED) is 0.550. The van der Waals surface area contributed by atoms with E-state index in [1.165, 1.54) is 11.1 Å². The number of nitrogens with zero attached hydrogens (tertiary/aromatic N) is 3. The fraction of sp³-hybridized carbons (Fsp3) is 0. The van der Waals surface area contributed by atoms with Crippen molar-refractivity contribution in [3.63, 3.8) is 0 Å². The second kappa shape index (κ2) is 4.87. The Hall–Kier alpha value is -2.94. The van der Waals surface area contributed by atoms with E-state index in [4.69, 9.17) is 0 Å². The van der Waals surface area contributed by atoms with Crippen LogP contribution in [0.25, 0.3) is 27.9 Å². The minimum Gasteiger partial charge on any atom is -0.220 e. The minimum absolute atomic E-state index is 0.912.